The summed E-state index contributed by atoms with van der Waals surface area (Å²) in [5.41, 5.74) is 8.01. The van der Waals surface area contributed by atoms with E-state index in [9.17, 15) is 9.59 Å². The van der Waals surface area contributed by atoms with Crippen LogP contribution in [-0.2, 0) is 16.0 Å². The Kier molecular flexibility index (Phi) is 4.66. The van der Waals surface area contributed by atoms with E-state index >= 15 is 0 Å². The zero-order valence-electron chi connectivity index (χ0n) is 13.7. The molecular formula is C18H25N3O2. The van der Waals surface area contributed by atoms with Gasteiger partial charge in [0, 0.05) is 37.8 Å². The molecule has 2 fully saturated rings. The molecule has 1 unspecified atom stereocenters. The van der Waals surface area contributed by atoms with E-state index in [-0.39, 0.29) is 23.8 Å². The van der Waals surface area contributed by atoms with Crippen molar-refractivity contribution in [2.75, 3.05) is 24.5 Å². The van der Waals surface area contributed by atoms with Crippen molar-refractivity contribution in [1.29, 1.82) is 0 Å². The molecule has 124 valence electrons. The third-order valence-electron chi connectivity index (χ3n) is 4.99. The average molecular weight is 315 g/mol. The molecule has 2 N–H and O–H groups in total. The summed E-state index contributed by atoms with van der Waals surface area (Å²) in [6.45, 7) is 4.02. The van der Waals surface area contributed by atoms with E-state index in [1.54, 1.807) is 4.90 Å². The standard InChI is InChI=1S/C18H25N3O2/c1-2-13-5-3-4-6-16(13)21-12-14(11-17(21)22)18(23)20-9-7-15(19)8-10-20/h3-6,14-15H,2,7-12,19H2,1H3. The molecule has 1 aromatic carbocycles. The van der Waals surface area contributed by atoms with E-state index in [0.717, 1.165) is 43.6 Å². The van der Waals surface area contributed by atoms with Gasteiger partial charge in [-0.25, -0.2) is 0 Å². The number of carbonyl (C=O) groups is 2. The predicted octanol–water partition coefficient (Wildman–Crippen LogP) is 1.55. The summed E-state index contributed by atoms with van der Waals surface area (Å²) < 4.78 is 0. The third kappa shape index (κ3) is 3.24. The lowest BCUT2D eigenvalue weighted by molar-refractivity contribution is -0.136. The van der Waals surface area contributed by atoms with Gasteiger partial charge in [-0.1, -0.05) is 25.1 Å². The van der Waals surface area contributed by atoms with Gasteiger partial charge in [0.2, 0.25) is 11.8 Å². The van der Waals surface area contributed by atoms with Crippen molar-refractivity contribution in [2.45, 2.75) is 38.6 Å². The van der Waals surface area contributed by atoms with Gasteiger partial charge in [0.05, 0.1) is 5.92 Å². The van der Waals surface area contributed by atoms with Crippen LogP contribution < -0.4 is 10.6 Å². The number of hydrogen-bond donors (Lipinski definition) is 1. The molecule has 0 bridgehead atoms. The Morgan fingerprint density at radius 1 is 1.26 bits per heavy atom. The fourth-order valence-corrected chi connectivity index (χ4v) is 3.56. The molecule has 1 aromatic rings. The van der Waals surface area contributed by atoms with Gasteiger partial charge in [-0.05, 0) is 30.9 Å². The number of rotatable bonds is 3. The number of anilines is 1. The highest BCUT2D eigenvalue weighted by Gasteiger charge is 2.38. The zero-order chi connectivity index (χ0) is 16.4. The maximum atomic E-state index is 12.7. The van der Waals surface area contributed by atoms with E-state index in [2.05, 4.69) is 6.92 Å². The van der Waals surface area contributed by atoms with Crippen molar-refractivity contribution in [1.82, 2.24) is 4.90 Å². The molecule has 3 rings (SSSR count). The molecule has 0 aliphatic carbocycles. The molecule has 0 saturated carbocycles. The molecule has 5 heteroatoms. The molecule has 2 saturated heterocycles. The molecule has 0 spiro atoms. The van der Waals surface area contributed by atoms with Crippen molar-refractivity contribution < 1.29 is 9.59 Å². The van der Waals surface area contributed by atoms with E-state index in [1.807, 2.05) is 29.2 Å². The number of nitrogens with zero attached hydrogens (tertiary/aromatic N) is 2. The van der Waals surface area contributed by atoms with Gasteiger partial charge in [0.15, 0.2) is 0 Å². The first kappa shape index (κ1) is 16.0. The van der Waals surface area contributed by atoms with Gasteiger partial charge in [0.25, 0.3) is 0 Å². The number of amides is 2. The van der Waals surface area contributed by atoms with Crippen LogP contribution in [0.2, 0.25) is 0 Å². The molecule has 23 heavy (non-hydrogen) atoms. The fourth-order valence-electron chi connectivity index (χ4n) is 3.56. The van der Waals surface area contributed by atoms with Gasteiger partial charge >= 0.3 is 0 Å². The smallest absolute Gasteiger partial charge is 0.228 e. The number of carbonyl (C=O) groups excluding carboxylic acids is 2. The molecule has 2 aliphatic heterocycles. The lowest BCUT2D eigenvalue weighted by Crippen LogP contribution is -2.45. The van der Waals surface area contributed by atoms with Crippen LogP contribution in [0.1, 0.15) is 31.7 Å². The minimum absolute atomic E-state index is 0.0537. The van der Waals surface area contributed by atoms with Crippen molar-refractivity contribution in [3.8, 4) is 0 Å². The third-order valence-corrected chi connectivity index (χ3v) is 4.99. The van der Waals surface area contributed by atoms with Gasteiger partial charge in [-0.2, -0.15) is 0 Å². The first-order valence-corrected chi connectivity index (χ1v) is 8.52. The molecule has 0 radical (unpaired) electrons. The summed E-state index contributed by atoms with van der Waals surface area (Å²) in [5, 5.41) is 0. The molecule has 1 atom stereocenters. The van der Waals surface area contributed by atoms with Crippen LogP contribution in [-0.4, -0.2) is 42.4 Å². The van der Waals surface area contributed by atoms with Gasteiger partial charge in [-0.3, -0.25) is 9.59 Å². The van der Waals surface area contributed by atoms with Crippen LogP contribution >= 0.6 is 0 Å². The first-order valence-electron chi connectivity index (χ1n) is 8.52. The lowest BCUT2D eigenvalue weighted by Gasteiger charge is -2.32. The quantitative estimate of drug-likeness (QED) is 0.920. The zero-order valence-corrected chi connectivity index (χ0v) is 13.7. The molecule has 2 amide bonds. The number of para-hydroxylation sites is 1. The first-order chi connectivity index (χ1) is 11.1. The van der Waals surface area contributed by atoms with Crippen LogP contribution in [0.25, 0.3) is 0 Å². The maximum Gasteiger partial charge on any atom is 0.228 e. The Bertz CT molecular complexity index is 594. The molecule has 2 aliphatic rings. The number of hydrogen-bond acceptors (Lipinski definition) is 3. The van der Waals surface area contributed by atoms with Gasteiger partial charge in [0.1, 0.15) is 0 Å². The lowest BCUT2D eigenvalue weighted by atomic mass is 10.0. The Balaban J connectivity index is 1.71. The second kappa shape index (κ2) is 6.71. The van der Waals surface area contributed by atoms with Crippen molar-refractivity contribution >= 4 is 17.5 Å². The van der Waals surface area contributed by atoms with Crippen molar-refractivity contribution in [3.63, 3.8) is 0 Å². The Hall–Kier alpha value is -1.88. The second-order valence-electron chi connectivity index (χ2n) is 6.55. The fraction of sp³-hybridized carbons (Fsp3) is 0.556. The van der Waals surface area contributed by atoms with Crippen LogP contribution in [0.5, 0.6) is 0 Å². The minimum atomic E-state index is -0.221. The molecular weight excluding hydrogens is 290 g/mol. The summed E-state index contributed by atoms with van der Waals surface area (Å²) in [5.74, 6) is -0.0542. The van der Waals surface area contributed by atoms with Gasteiger partial charge in [-0.15, -0.1) is 0 Å². The molecule has 0 aromatic heterocycles. The number of benzene rings is 1. The molecule has 5 nitrogen and oxygen atoms in total. The van der Waals surface area contributed by atoms with Crippen LogP contribution in [0.3, 0.4) is 0 Å². The largest absolute Gasteiger partial charge is 0.342 e. The summed E-state index contributed by atoms with van der Waals surface area (Å²) >= 11 is 0. The van der Waals surface area contributed by atoms with Crippen molar-refractivity contribution in [2.24, 2.45) is 11.7 Å². The Morgan fingerprint density at radius 2 is 1.96 bits per heavy atom. The van der Waals surface area contributed by atoms with E-state index in [4.69, 9.17) is 5.73 Å². The Labute approximate surface area is 137 Å². The average Bonchev–Trinajstić information content (AvgIpc) is 2.96. The van der Waals surface area contributed by atoms with Crippen molar-refractivity contribution in [3.05, 3.63) is 29.8 Å². The molecule has 2 heterocycles. The summed E-state index contributed by atoms with van der Waals surface area (Å²) in [6, 6.07) is 8.16. The topological polar surface area (TPSA) is 66.6 Å². The summed E-state index contributed by atoms with van der Waals surface area (Å²) in [6.07, 6.45) is 2.91. The summed E-state index contributed by atoms with van der Waals surface area (Å²) in [7, 11) is 0. The predicted molar refractivity (Wildman–Crippen MR) is 90.1 cm³/mol. The normalized spacial score (nSPS) is 22.7. The van der Waals surface area contributed by atoms with Crippen LogP contribution in [0, 0.1) is 5.92 Å². The van der Waals surface area contributed by atoms with E-state index in [0.29, 0.717) is 13.0 Å². The summed E-state index contributed by atoms with van der Waals surface area (Å²) in [4.78, 5) is 28.8. The number of aryl methyl sites for hydroxylation is 1. The van der Waals surface area contributed by atoms with E-state index in [1.165, 1.54) is 0 Å². The Morgan fingerprint density at radius 3 is 2.65 bits per heavy atom. The maximum absolute atomic E-state index is 12.7. The SMILES string of the molecule is CCc1ccccc1N1CC(C(=O)N2CCC(N)CC2)CC1=O. The number of piperidine rings is 1. The van der Waals surface area contributed by atoms with Gasteiger partial charge < -0.3 is 15.5 Å². The highest BCUT2D eigenvalue weighted by atomic mass is 16.2. The minimum Gasteiger partial charge on any atom is -0.342 e. The number of likely N-dealkylation sites (tertiary alicyclic amines) is 1. The highest BCUT2D eigenvalue weighted by molar-refractivity contribution is 6.00. The monoisotopic (exact) mass is 315 g/mol. The second-order valence-corrected chi connectivity index (χ2v) is 6.55. The number of nitrogens with two attached hydrogens (primary N) is 1. The van der Waals surface area contributed by atoms with Crippen LogP contribution in [0.4, 0.5) is 5.69 Å². The van der Waals surface area contributed by atoms with E-state index < -0.39 is 0 Å². The van der Waals surface area contributed by atoms with Crippen LogP contribution in [0.15, 0.2) is 24.3 Å². The highest BCUT2D eigenvalue weighted by Crippen LogP contribution is 2.29.